The summed E-state index contributed by atoms with van der Waals surface area (Å²) < 4.78 is 65.6. The van der Waals surface area contributed by atoms with E-state index >= 15 is 0 Å². The molecule has 20 heavy (non-hydrogen) atoms. The van der Waals surface area contributed by atoms with Crippen LogP contribution in [0, 0.1) is 35.0 Å². The monoisotopic (exact) mass is 292 g/mol. The normalized spacial score (nSPS) is 21.3. The Labute approximate surface area is 112 Å². The average molecular weight is 292 g/mol. The topological polar surface area (TPSA) is 24.4 Å². The molecule has 1 aliphatic rings. The molecule has 1 aromatic carbocycles. The second kappa shape index (κ2) is 5.76. The summed E-state index contributed by atoms with van der Waals surface area (Å²) in [4.78, 5) is 0. The van der Waals surface area contributed by atoms with Crippen molar-refractivity contribution in [2.45, 2.75) is 32.6 Å². The van der Waals surface area contributed by atoms with Gasteiger partial charge in [-0.3, -0.25) is 5.43 Å². The van der Waals surface area contributed by atoms with E-state index in [9.17, 15) is 22.0 Å². The van der Waals surface area contributed by atoms with Crippen LogP contribution in [-0.2, 0) is 0 Å². The summed E-state index contributed by atoms with van der Waals surface area (Å²) in [6, 6.07) is 0. The van der Waals surface area contributed by atoms with Crippen LogP contribution in [0.4, 0.5) is 27.6 Å². The molecule has 0 heterocycles. The van der Waals surface area contributed by atoms with E-state index in [2.05, 4.69) is 5.10 Å². The van der Waals surface area contributed by atoms with Crippen LogP contribution in [0.15, 0.2) is 5.10 Å². The number of anilines is 1. The Balaban J connectivity index is 2.28. The summed E-state index contributed by atoms with van der Waals surface area (Å²) in [6.07, 6.45) is 3.20. The van der Waals surface area contributed by atoms with E-state index in [1.54, 1.807) is 0 Å². The van der Waals surface area contributed by atoms with Gasteiger partial charge < -0.3 is 0 Å². The van der Waals surface area contributed by atoms with Gasteiger partial charge in [-0.15, -0.1) is 0 Å². The molecule has 0 radical (unpaired) electrons. The third-order valence-corrected chi connectivity index (χ3v) is 3.28. The lowest BCUT2D eigenvalue weighted by Crippen LogP contribution is -2.15. The first-order valence-corrected chi connectivity index (χ1v) is 6.24. The maximum absolute atomic E-state index is 13.4. The molecule has 1 atom stereocenters. The zero-order valence-corrected chi connectivity index (χ0v) is 10.7. The van der Waals surface area contributed by atoms with Gasteiger partial charge in [-0.2, -0.15) is 5.10 Å². The molecule has 2 nitrogen and oxygen atoms in total. The molecule has 0 aromatic heterocycles. The summed E-state index contributed by atoms with van der Waals surface area (Å²) in [7, 11) is 0. The van der Waals surface area contributed by atoms with E-state index in [1.807, 2.05) is 12.3 Å². The quantitative estimate of drug-likeness (QED) is 0.372. The minimum Gasteiger partial charge on any atom is -0.272 e. The molecule has 0 amide bonds. The highest BCUT2D eigenvalue weighted by Gasteiger charge is 2.26. The van der Waals surface area contributed by atoms with Gasteiger partial charge in [-0.05, 0) is 31.6 Å². The summed E-state index contributed by atoms with van der Waals surface area (Å²) in [5, 5.41) is 3.77. The van der Waals surface area contributed by atoms with Gasteiger partial charge in [0.2, 0.25) is 5.82 Å². The van der Waals surface area contributed by atoms with Gasteiger partial charge in [0.25, 0.3) is 0 Å². The standard InChI is InChI=1S/C13H13F5N2/c1-6-3-2-4-7(5-6)19-20-13-11(17)9(15)8(14)10(16)12(13)18/h6,20H,2-5H2,1H3/b19-7-/t6-/m1/s1. The molecule has 0 spiro atoms. The highest BCUT2D eigenvalue weighted by Crippen LogP contribution is 2.28. The number of rotatable bonds is 2. The minimum atomic E-state index is -2.18. The Morgan fingerprint density at radius 3 is 2.05 bits per heavy atom. The summed E-state index contributed by atoms with van der Waals surface area (Å²) in [5.74, 6) is -9.57. The predicted octanol–water partition coefficient (Wildman–Crippen LogP) is 4.36. The number of hydrogen-bond donors (Lipinski definition) is 1. The Morgan fingerprint density at radius 1 is 0.950 bits per heavy atom. The highest BCUT2D eigenvalue weighted by atomic mass is 19.2. The first-order chi connectivity index (χ1) is 9.41. The third kappa shape index (κ3) is 2.76. The first-order valence-electron chi connectivity index (χ1n) is 6.24. The molecule has 2 rings (SSSR count). The summed E-state index contributed by atoms with van der Waals surface area (Å²) in [6.45, 7) is 2.01. The number of benzene rings is 1. The van der Waals surface area contributed by atoms with Crippen molar-refractivity contribution in [2.75, 3.05) is 5.43 Å². The van der Waals surface area contributed by atoms with E-state index < -0.39 is 34.8 Å². The second-order valence-corrected chi connectivity index (χ2v) is 4.94. The molecule has 7 heteroatoms. The van der Waals surface area contributed by atoms with E-state index in [0.29, 0.717) is 24.5 Å². The Hall–Kier alpha value is -1.66. The minimum absolute atomic E-state index is 0.390. The zero-order chi connectivity index (χ0) is 14.9. The smallest absolute Gasteiger partial charge is 0.200 e. The number of nitrogens with zero attached hydrogens (tertiary/aromatic N) is 1. The van der Waals surface area contributed by atoms with Crippen molar-refractivity contribution in [1.82, 2.24) is 0 Å². The molecule has 1 N–H and O–H groups in total. The fourth-order valence-corrected chi connectivity index (χ4v) is 2.20. The maximum Gasteiger partial charge on any atom is 0.200 e. The molecule has 0 unspecified atom stereocenters. The molecule has 0 bridgehead atoms. The number of hydrazone groups is 1. The predicted molar refractivity (Wildman–Crippen MR) is 64.9 cm³/mol. The molecule has 1 aromatic rings. The van der Waals surface area contributed by atoms with Crippen molar-refractivity contribution in [1.29, 1.82) is 0 Å². The van der Waals surface area contributed by atoms with Gasteiger partial charge in [0.1, 0.15) is 5.69 Å². The molecular formula is C13H13F5N2. The summed E-state index contributed by atoms with van der Waals surface area (Å²) in [5.41, 5.74) is 1.51. The van der Waals surface area contributed by atoms with Crippen LogP contribution in [0.1, 0.15) is 32.6 Å². The van der Waals surface area contributed by atoms with Crippen LogP contribution in [-0.4, -0.2) is 5.71 Å². The lowest BCUT2D eigenvalue weighted by molar-refractivity contribution is 0.381. The largest absolute Gasteiger partial charge is 0.272 e. The number of nitrogens with one attached hydrogen (secondary N) is 1. The second-order valence-electron chi connectivity index (χ2n) is 4.94. The van der Waals surface area contributed by atoms with Crippen molar-refractivity contribution in [3.05, 3.63) is 29.1 Å². The van der Waals surface area contributed by atoms with Crippen LogP contribution >= 0.6 is 0 Å². The highest BCUT2D eigenvalue weighted by molar-refractivity contribution is 5.85. The molecular weight excluding hydrogens is 279 g/mol. The van der Waals surface area contributed by atoms with Crippen LogP contribution in [0.2, 0.25) is 0 Å². The van der Waals surface area contributed by atoms with Crippen LogP contribution < -0.4 is 5.43 Å². The van der Waals surface area contributed by atoms with Gasteiger partial charge in [-0.1, -0.05) is 6.92 Å². The summed E-state index contributed by atoms with van der Waals surface area (Å²) >= 11 is 0. The van der Waals surface area contributed by atoms with Crippen LogP contribution in [0.25, 0.3) is 0 Å². The molecule has 0 aliphatic heterocycles. The fourth-order valence-electron chi connectivity index (χ4n) is 2.20. The van der Waals surface area contributed by atoms with Gasteiger partial charge >= 0.3 is 0 Å². The first kappa shape index (κ1) is 14.7. The van der Waals surface area contributed by atoms with E-state index in [1.165, 1.54) is 0 Å². The van der Waals surface area contributed by atoms with Crippen LogP contribution in [0.5, 0.6) is 0 Å². The van der Waals surface area contributed by atoms with Crippen molar-refractivity contribution in [2.24, 2.45) is 11.0 Å². The Morgan fingerprint density at radius 2 is 1.50 bits per heavy atom. The van der Waals surface area contributed by atoms with Gasteiger partial charge in [-0.25, -0.2) is 22.0 Å². The fraction of sp³-hybridized carbons (Fsp3) is 0.462. The Kier molecular flexibility index (Phi) is 4.25. The zero-order valence-electron chi connectivity index (χ0n) is 10.7. The number of hydrogen-bond acceptors (Lipinski definition) is 2. The van der Waals surface area contributed by atoms with Gasteiger partial charge in [0, 0.05) is 5.71 Å². The average Bonchev–Trinajstić information content (AvgIpc) is 2.43. The van der Waals surface area contributed by atoms with Crippen molar-refractivity contribution < 1.29 is 22.0 Å². The van der Waals surface area contributed by atoms with E-state index in [4.69, 9.17) is 0 Å². The van der Waals surface area contributed by atoms with Crippen molar-refractivity contribution >= 4 is 11.4 Å². The van der Waals surface area contributed by atoms with Crippen LogP contribution in [0.3, 0.4) is 0 Å². The molecule has 1 saturated carbocycles. The molecule has 0 saturated heterocycles. The molecule has 1 fully saturated rings. The molecule has 110 valence electrons. The van der Waals surface area contributed by atoms with Crippen molar-refractivity contribution in [3.63, 3.8) is 0 Å². The van der Waals surface area contributed by atoms with E-state index in [0.717, 1.165) is 12.8 Å². The third-order valence-electron chi connectivity index (χ3n) is 3.28. The lowest BCUT2D eigenvalue weighted by atomic mass is 9.89. The van der Waals surface area contributed by atoms with E-state index in [-0.39, 0.29) is 0 Å². The molecule has 1 aliphatic carbocycles. The van der Waals surface area contributed by atoms with Gasteiger partial charge in [0.15, 0.2) is 23.3 Å². The lowest BCUT2D eigenvalue weighted by Gasteiger charge is -2.19. The Bertz CT molecular complexity index is 527. The maximum atomic E-state index is 13.4. The number of halogens is 5. The van der Waals surface area contributed by atoms with Gasteiger partial charge in [0.05, 0.1) is 0 Å². The van der Waals surface area contributed by atoms with Crippen molar-refractivity contribution in [3.8, 4) is 0 Å². The SMILES string of the molecule is C[C@@H]1CCC/C(=N/Nc2c(F)c(F)c(F)c(F)c2F)C1.